The highest BCUT2D eigenvalue weighted by Gasteiger charge is 2.39. The first-order valence-electron chi connectivity index (χ1n) is 13.1. The second kappa shape index (κ2) is 13.2. The molecule has 2 fully saturated rings. The maximum absolute atomic E-state index is 13.5. The molecule has 12 nitrogen and oxygen atoms in total. The van der Waals surface area contributed by atoms with E-state index in [1.807, 2.05) is 13.8 Å². The SMILES string of the molecule is CCOC(=O)C=CC(CC1CCNC1=O)NC(=O)C1CCCN1C(=O)C(NC(=O)c1cc(C)on1)C(C)C. The summed E-state index contributed by atoms with van der Waals surface area (Å²) in [6, 6.07) is -0.729. The zero-order valence-electron chi connectivity index (χ0n) is 22.3. The summed E-state index contributed by atoms with van der Waals surface area (Å²) in [5.74, 6) is -1.98. The summed E-state index contributed by atoms with van der Waals surface area (Å²) in [6.45, 7) is 8.13. The molecule has 2 aliphatic rings. The van der Waals surface area contributed by atoms with Gasteiger partial charge in [-0.05, 0) is 45.4 Å². The van der Waals surface area contributed by atoms with E-state index in [2.05, 4.69) is 21.1 Å². The number of likely N-dealkylation sites (tertiary alicyclic amines) is 1. The second-order valence-electron chi connectivity index (χ2n) is 9.95. The van der Waals surface area contributed by atoms with Crippen molar-refractivity contribution in [1.82, 2.24) is 26.0 Å². The molecule has 2 aliphatic heterocycles. The summed E-state index contributed by atoms with van der Waals surface area (Å²) in [4.78, 5) is 65.0. The summed E-state index contributed by atoms with van der Waals surface area (Å²) in [7, 11) is 0. The molecule has 3 heterocycles. The lowest BCUT2D eigenvalue weighted by Gasteiger charge is -2.31. The minimum atomic E-state index is -0.866. The summed E-state index contributed by atoms with van der Waals surface area (Å²) < 4.78 is 9.89. The van der Waals surface area contributed by atoms with Gasteiger partial charge in [-0.2, -0.15) is 0 Å². The van der Waals surface area contributed by atoms with E-state index in [4.69, 9.17) is 9.26 Å². The van der Waals surface area contributed by atoms with Gasteiger partial charge in [0.25, 0.3) is 5.91 Å². The highest BCUT2D eigenvalue weighted by atomic mass is 16.5. The van der Waals surface area contributed by atoms with Crippen molar-refractivity contribution >= 4 is 29.6 Å². The Morgan fingerprint density at radius 2 is 2.03 bits per heavy atom. The normalized spacial score (nSPS) is 20.9. The first-order chi connectivity index (χ1) is 18.1. The Hall–Kier alpha value is -3.70. The van der Waals surface area contributed by atoms with Crippen LogP contribution in [0.2, 0.25) is 0 Å². The molecule has 2 saturated heterocycles. The summed E-state index contributed by atoms with van der Waals surface area (Å²) in [5.41, 5.74) is 0.0730. The molecule has 1 aromatic heterocycles. The van der Waals surface area contributed by atoms with Gasteiger partial charge in [-0.25, -0.2) is 4.79 Å². The molecule has 0 spiro atoms. The molecule has 0 aliphatic carbocycles. The number of aromatic nitrogens is 1. The molecule has 3 N–H and O–H groups in total. The molecule has 1 aromatic rings. The maximum Gasteiger partial charge on any atom is 0.330 e. The van der Waals surface area contributed by atoms with Crippen LogP contribution in [0.3, 0.4) is 0 Å². The number of nitrogens with zero attached hydrogens (tertiary/aromatic N) is 2. The molecular weight excluding hydrogens is 494 g/mol. The van der Waals surface area contributed by atoms with Crippen LogP contribution in [0, 0.1) is 18.8 Å². The Morgan fingerprint density at radius 3 is 2.63 bits per heavy atom. The Bertz CT molecular complexity index is 1070. The Labute approximate surface area is 221 Å². The highest BCUT2D eigenvalue weighted by Crippen LogP contribution is 2.22. The quantitative estimate of drug-likeness (QED) is 0.280. The molecule has 0 aromatic carbocycles. The third kappa shape index (κ3) is 7.42. The molecule has 4 amide bonds. The number of esters is 1. The van der Waals surface area contributed by atoms with Crippen LogP contribution in [0.15, 0.2) is 22.7 Å². The number of amides is 4. The van der Waals surface area contributed by atoms with Gasteiger partial charge in [-0.3, -0.25) is 19.2 Å². The standard InChI is InChI=1S/C26H37N5O7/c1-5-37-21(32)9-8-18(14-17-10-11-27-23(17)33)28-25(35)20-7-6-12-31(20)26(36)22(15(2)3)29-24(34)19-13-16(4)38-30-19/h8-9,13,15,17-18,20,22H,5-7,10-12,14H2,1-4H3,(H,27,33)(H,28,35)(H,29,34). The summed E-state index contributed by atoms with van der Waals surface area (Å²) in [5, 5.41) is 12.1. The number of carbonyl (C=O) groups excluding carboxylic acids is 5. The van der Waals surface area contributed by atoms with E-state index < -0.39 is 30.0 Å². The number of aryl methyl sites for hydroxylation is 1. The molecule has 208 valence electrons. The number of nitrogens with one attached hydrogen (secondary N) is 3. The Morgan fingerprint density at radius 1 is 1.26 bits per heavy atom. The fraction of sp³-hybridized carbons (Fsp3) is 0.615. The number of hydrogen-bond acceptors (Lipinski definition) is 8. The van der Waals surface area contributed by atoms with Crippen LogP contribution < -0.4 is 16.0 Å². The average Bonchev–Trinajstić information content (AvgIpc) is 3.62. The van der Waals surface area contributed by atoms with Gasteiger partial charge in [0.15, 0.2) is 5.69 Å². The lowest BCUT2D eigenvalue weighted by molar-refractivity contribution is -0.140. The lowest BCUT2D eigenvalue weighted by atomic mass is 9.97. The van der Waals surface area contributed by atoms with Crippen molar-refractivity contribution < 1.29 is 33.2 Å². The van der Waals surface area contributed by atoms with Crippen LogP contribution in [0.4, 0.5) is 0 Å². The average molecular weight is 532 g/mol. The van der Waals surface area contributed by atoms with Gasteiger partial charge in [0.05, 0.1) is 6.61 Å². The van der Waals surface area contributed by atoms with Gasteiger partial charge in [0, 0.05) is 37.2 Å². The Kier molecular flexibility index (Phi) is 10.0. The predicted octanol–water partition coefficient (Wildman–Crippen LogP) is 0.859. The van der Waals surface area contributed by atoms with Crippen molar-refractivity contribution in [2.75, 3.05) is 19.7 Å². The maximum atomic E-state index is 13.5. The van der Waals surface area contributed by atoms with E-state index in [0.717, 1.165) is 0 Å². The van der Waals surface area contributed by atoms with Crippen LogP contribution in [-0.2, 0) is 23.9 Å². The topological polar surface area (TPSA) is 160 Å². The molecule has 0 bridgehead atoms. The second-order valence-corrected chi connectivity index (χ2v) is 9.95. The predicted molar refractivity (Wildman–Crippen MR) is 136 cm³/mol. The summed E-state index contributed by atoms with van der Waals surface area (Å²) >= 11 is 0. The number of hydrogen-bond donors (Lipinski definition) is 3. The van der Waals surface area contributed by atoms with E-state index in [-0.39, 0.29) is 41.9 Å². The molecule has 0 saturated carbocycles. The van der Waals surface area contributed by atoms with E-state index in [0.29, 0.717) is 44.5 Å². The van der Waals surface area contributed by atoms with Crippen molar-refractivity contribution in [1.29, 1.82) is 0 Å². The van der Waals surface area contributed by atoms with Crippen LogP contribution in [0.25, 0.3) is 0 Å². The highest BCUT2D eigenvalue weighted by molar-refractivity contribution is 5.97. The fourth-order valence-electron chi connectivity index (χ4n) is 4.71. The van der Waals surface area contributed by atoms with Gasteiger partial charge in [0.2, 0.25) is 17.7 Å². The molecule has 4 atom stereocenters. The van der Waals surface area contributed by atoms with Gasteiger partial charge < -0.3 is 30.1 Å². The van der Waals surface area contributed by atoms with Crippen LogP contribution in [0.5, 0.6) is 0 Å². The van der Waals surface area contributed by atoms with Crippen LogP contribution >= 0.6 is 0 Å². The van der Waals surface area contributed by atoms with E-state index in [1.165, 1.54) is 23.1 Å². The Balaban J connectivity index is 1.71. The van der Waals surface area contributed by atoms with E-state index in [1.54, 1.807) is 13.8 Å². The zero-order valence-corrected chi connectivity index (χ0v) is 22.3. The lowest BCUT2D eigenvalue weighted by Crippen LogP contribution is -2.56. The molecule has 12 heteroatoms. The third-order valence-corrected chi connectivity index (χ3v) is 6.70. The van der Waals surface area contributed by atoms with Gasteiger partial charge in [0.1, 0.15) is 17.8 Å². The fourth-order valence-corrected chi connectivity index (χ4v) is 4.71. The van der Waals surface area contributed by atoms with E-state index >= 15 is 0 Å². The largest absolute Gasteiger partial charge is 0.463 e. The minimum Gasteiger partial charge on any atom is -0.463 e. The molecule has 38 heavy (non-hydrogen) atoms. The van der Waals surface area contributed by atoms with Crippen LogP contribution in [-0.4, -0.2) is 77.5 Å². The summed E-state index contributed by atoms with van der Waals surface area (Å²) in [6.07, 6.45) is 4.80. The zero-order chi connectivity index (χ0) is 27.8. The first-order valence-corrected chi connectivity index (χ1v) is 13.1. The van der Waals surface area contributed by atoms with Crippen molar-refractivity contribution in [3.05, 3.63) is 29.7 Å². The van der Waals surface area contributed by atoms with Gasteiger partial charge in [-0.1, -0.05) is 25.1 Å². The number of carbonyl (C=O) groups is 5. The van der Waals surface area contributed by atoms with Gasteiger partial charge in [-0.15, -0.1) is 0 Å². The first kappa shape index (κ1) is 28.9. The number of rotatable bonds is 11. The molecule has 0 radical (unpaired) electrons. The van der Waals surface area contributed by atoms with Crippen molar-refractivity contribution in [3.63, 3.8) is 0 Å². The molecular formula is C26H37N5O7. The molecule has 3 rings (SSSR count). The van der Waals surface area contributed by atoms with Crippen LogP contribution in [0.1, 0.15) is 62.7 Å². The third-order valence-electron chi connectivity index (χ3n) is 6.70. The molecule has 4 unspecified atom stereocenters. The smallest absolute Gasteiger partial charge is 0.330 e. The van der Waals surface area contributed by atoms with Crippen molar-refractivity contribution in [2.24, 2.45) is 11.8 Å². The number of ether oxygens (including phenoxy) is 1. The van der Waals surface area contributed by atoms with Gasteiger partial charge >= 0.3 is 5.97 Å². The monoisotopic (exact) mass is 531 g/mol. The minimum absolute atomic E-state index is 0.0730. The van der Waals surface area contributed by atoms with Crippen molar-refractivity contribution in [3.8, 4) is 0 Å². The van der Waals surface area contributed by atoms with Crippen molar-refractivity contribution in [2.45, 2.75) is 71.5 Å². The van der Waals surface area contributed by atoms with E-state index in [9.17, 15) is 24.0 Å².